The molecule has 1 fully saturated rings. The zero-order chi connectivity index (χ0) is 27.1. The highest BCUT2D eigenvalue weighted by molar-refractivity contribution is 5.99. The molecule has 0 unspecified atom stereocenters. The van der Waals surface area contributed by atoms with E-state index in [0.29, 0.717) is 41.2 Å². The van der Waals surface area contributed by atoms with Crippen molar-refractivity contribution in [1.82, 2.24) is 14.9 Å². The molecule has 4 N–H and O–H groups in total. The third kappa shape index (κ3) is 4.62. The van der Waals surface area contributed by atoms with Gasteiger partial charge in [0.25, 0.3) is 6.43 Å². The summed E-state index contributed by atoms with van der Waals surface area (Å²) in [5.74, 6) is -0.346. The summed E-state index contributed by atoms with van der Waals surface area (Å²) >= 11 is 0. The van der Waals surface area contributed by atoms with Crippen molar-refractivity contribution in [2.24, 2.45) is 0 Å². The molecule has 202 valence electrons. The van der Waals surface area contributed by atoms with Crippen LogP contribution in [0.1, 0.15) is 12.0 Å². The quantitative estimate of drug-likeness (QED) is 0.328. The topological polar surface area (TPSA) is 117 Å². The number of halogens is 4. The van der Waals surface area contributed by atoms with E-state index in [4.69, 9.17) is 10.5 Å². The van der Waals surface area contributed by atoms with Crippen LogP contribution in [0.15, 0.2) is 24.5 Å². The fraction of sp³-hybridized carbons (Fsp3) is 0.400. The van der Waals surface area contributed by atoms with Crippen LogP contribution in [0.25, 0.3) is 21.9 Å². The van der Waals surface area contributed by atoms with Gasteiger partial charge in [0.05, 0.1) is 18.3 Å². The maximum Gasteiger partial charge on any atom is 0.413 e. The van der Waals surface area contributed by atoms with Crippen molar-refractivity contribution in [3.05, 3.63) is 35.9 Å². The molecule has 0 spiro atoms. The van der Waals surface area contributed by atoms with Crippen molar-refractivity contribution in [2.45, 2.75) is 32.0 Å². The number of carboxylic acid groups (broad SMARTS) is 1. The van der Waals surface area contributed by atoms with Gasteiger partial charge in [-0.1, -0.05) is 0 Å². The summed E-state index contributed by atoms with van der Waals surface area (Å²) in [7, 11) is 0. The van der Waals surface area contributed by atoms with Crippen molar-refractivity contribution >= 4 is 34.1 Å². The molecule has 0 aliphatic carbocycles. The summed E-state index contributed by atoms with van der Waals surface area (Å²) in [5, 5.41) is 13.8. The minimum absolute atomic E-state index is 0.00573. The Labute approximate surface area is 215 Å². The first-order valence-electron chi connectivity index (χ1n) is 12.1. The van der Waals surface area contributed by atoms with E-state index in [-0.39, 0.29) is 42.0 Å². The summed E-state index contributed by atoms with van der Waals surface area (Å²) in [5.41, 5.74) is 7.90. The molecule has 1 aromatic carbocycles. The lowest BCUT2D eigenvalue weighted by Gasteiger charge is -2.38. The van der Waals surface area contributed by atoms with Crippen molar-refractivity contribution in [3.63, 3.8) is 0 Å². The van der Waals surface area contributed by atoms with E-state index in [9.17, 15) is 18.7 Å². The van der Waals surface area contributed by atoms with Gasteiger partial charge in [0, 0.05) is 48.5 Å². The molecule has 0 saturated carbocycles. The van der Waals surface area contributed by atoms with Gasteiger partial charge in [0.1, 0.15) is 24.3 Å². The van der Waals surface area contributed by atoms with Gasteiger partial charge >= 0.3 is 6.09 Å². The van der Waals surface area contributed by atoms with Gasteiger partial charge in [-0.05, 0) is 36.4 Å². The largest absolute Gasteiger partial charge is 0.474 e. The van der Waals surface area contributed by atoms with Crippen LogP contribution in [0.5, 0.6) is 5.88 Å². The van der Waals surface area contributed by atoms with Crippen molar-refractivity contribution in [1.29, 1.82) is 0 Å². The average molecular weight is 535 g/mol. The summed E-state index contributed by atoms with van der Waals surface area (Å²) in [6.07, 6.45) is -3.03. The number of nitrogens with one attached hydrogen (secondary N) is 1. The smallest absolute Gasteiger partial charge is 0.413 e. The number of aromatic nitrogens is 2. The fourth-order valence-electron chi connectivity index (χ4n) is 5.12. The third-order valence-corrected chi connectivity index (χ3v) is 6.99. The molecule has 9 nitrogen and oxygen atoms in total. The van der Waals surface area contributed by atoms with Crippen LogP contribution in [0.4, 0.5) is 39.5 Å². The van der Waals surface area contributed by atoms with Crippen molar-refractivity contribution < 1.29 is 32.2 Å². The Balaban J connectivity index is 1.54. The summed E-state index contributed by atoms with van der Waals surface area (Å²) < 4.78 is 61.5. The molecule has 1 saturated heterocycles. The highest BCUT2D eigenvalue weighted by Gasteiger charge is 2.38. The summed E-state index contributed by atoms with van der Waals surface area (Å²) in [4.78, 5) is 22.7. The van der Waals surface area contributed by atoms with Crippen molar-refractivity contribution in [2.75, 3.05) is 48.7 Å². The summed E-state index contributed by atoms with van der Waals surface area (Å²) in [6, 6.07) is 1.80. The molecule has 2 atom stereocenters. The zero-order valence-corrected chi connectivity index (χ0v) is 20.4. The van der Waals surface area contributed by atoms with E-state index >= 15 is 8.78 Å². The lowest BCUT2D eigenvalue weighted by Crippen LogP contribution is -2.55. The molecule has 5 rings (SSSR count). The van der Waals surface area contributed by atoms with Crippen LogP contribution in [0.3, 0.4) is 0 Å². The number of pyridine rings is 2. The number of ether oxygens (including phenoxy) is 1. The number of benzene rings is 1. The second kappa shape index (κ2) is 10.1. The number of nitrogens with zero attached hydrogens (tertiary/aromatic N) is 4. The lowest BCUT2D eigenvalue weighted by atomic mass is 9.96. The van der Waals surface area contributed by atoms with Crippen LogP contribution in [-0.2, 0) is 0 Å². The number of piperidine rings is 1. The molecule has 3 aromatic rings. The number of hydrogen-bond acceptors (Lipinski definition) is 7. The number of nitrogen functional groups attached to an aromatic ring is 1. The number of alkyl halides is 3. The van der Waals surface area contributed by atoms with Crippen LogP contribution in [0.2, 0.25) is 0 Å². The average Bonchev–Trinajstić information content (AvgIpc) is 2.88. The van der Waals surface area contributed by atoms with E-state index in [2.05, 4.69) is 15.3 Å². The molecule has 38 heavy (non-hydrogen) atoms. The second-order valence-corrected chi connectivity index (χ2v) is 9.34. The predicted molar refractivity (Wildman–Crippen MR) is 134 cm³/mol. The normalized spacial score (nSPS) is 19.6. The second-order valence-electron chi connectivity index (χ2n) is 9.34. The van der Waals surface area contributed by atoms with E-state index in [1.807, 2.05) is 0 Å². The lowest BCUT2D eigenvalue weighted by molar-refractivity contribution is 0.0478. The predicted octanol–water partition coefficient (Wildman–Crippen LogP) is 4.29. The SMILES string of the molecule is Cc1c(-c2cc3cc(N(C(=O)O)[C@@H]4CCN(CC(F)F)C[C@H]4F)ncc3c(N)c2F)cnc2c1NCCO2. The fourth-order valence-corrected chi connectivity index (χ4v) is 5.12. The first-order chi connectivity index (χ1) is 18.2. The maximum absolute atomic E-state index is 15.4. The van der Waals surface area contributed by atoms with Gasteiger partial charge < -0.3 is 20.9 Å². The zero-order valence-electron chi connectivity index (χ0n) is 20.4. The maximum atomic E-state index is 15.4. The van der Waals surface area contributed by atoms with E-state index in [1.165, 1.54) is 29.4 Å². The molecule has 13 heteroatoms. The van der Waals surface area contributed by atoms with Gasteiger partial charge in [-0.3, -0.25) is 9.80 Å². The molecule has 4 heterocycles. The molecule has 2 aliphatic rings. The van der Waals surface area contributed by atoms with Gasteiger partial charge in [-0.25, -0.2) is 32.3 Å². The molecule has 2 aliphatic heterocycles. The van der Waals surface area contributed by atoms with E-state index < -0.39 is 37.1 Å². The van der Waals surface area contributed by atoms with Crippen molar-refractivity contribution in [3.8, 4) is 17.0 Å². The number of fused-ring (bicyclic) bond motifs is 2. The number of likely N-dealkylation sites (tertiary alicyclic amines) is 1. The van der Waals surface area contributed by atoms with Gasteiger partial charge in [0.2, 0.25) is 5.88 Å². The van der Waals surface area contributed by atoms with Crippen LogP contribution >= 0.6 is 0 Å². The molecule has 2 aromatic heterocycles. The molecular weight excluding hydrogens is 508 g/mol. The minimum atomic E-state index is -2.62. The first kappa shape index (κ1) is 25.8. The Bertz CT molecular complexity index is 1390. The van der Waals surface area contributed by atoms with Crippen LogP contribution < -0.4 is 20.7 Å². The Kier molecular flexibility index (Phi) is 6.86. The number of amides is 1. The molecular formula is C25H26F4N6O3. The first-order valence-corrected chi connectivity index (χ1v) is 12.1. The Hall–Kier alpha value is -3.87. The highest BCUT2D eigenvalue weighted by Crippen LogP contribution is 2.40. The number of rotatable bonds is 5. The summed E-state index contributed by atoms with van der Waals surface area (Å²) in [6.45, 7) is 2.02. The molecule has 0 radical (unpaired) electrons. The van der Waals surface area contributed by atoms with Gasteiger partial charge in [-0.2, -0.15) is 0 Å². The highest BCUT2D eigenvalue weighted by atomic mass is 19.3. The third-order valence-electron chi connectivity index (χ3n) is 6.99. The number of carbonyl (C=O) groups is 1. The van der Waals surface area contributed by atoms with Gasteiger partial charge in [0.15, 0.2) is 5.82 Å². The number of anilines is 3. The number of hydrogen-bond donors (Lipinski definition) is 3. The van der Waals surface area contributed by atoms with Gasteiger partial charge in [-0.15, -0.1) is 0 Å². The molecule has 1 amide bonds. The van der Waals surface area contributed by atoms with Crippen LogP contribution in [0, 0.1) is 12.7 Å². The number of nitrogens with two attached hydrogens (primary N) is 1. The monoisotopic (exact) mass is 534 g/mol. The Morgan fingerprint density at radius 3 is 2.82 bits per heavy atom. The van der Waals surface area contributed by atoms with Crippen LogP contribution in [-0.4, -0.2) is 77.5 Å². The minimum Gasteiger partial charge on any atom is -0.474 e. The standard InChI is InChI=1S/C25H26F4N6O3/c1-12-15(8-33-24-23(12)31-3-5-38-24)14-6-13-7-20(32-9-16(13)22(30)21(14)29)35(25(36)37)18-2-4-34(10-17(18)26)11-19(27)28/h6-9,17-19,31H,2-5,10-11,30H2,1H3,(H,36,37)/t17-,18-/m1/s1. The Morgan fingerprint density at radius 2 is 2.11 bits per heavy atom. The van der Waals surface area contributed by atoms with E-state index in [1.54, 1.807) is 6.92 Å². The molecule has 0 bridgehead atoms. The Morgan fingerprint density at radius 1 is 1.32 bits per heavy atom. The van der Waals surface area contributed by atoms with E-state index in [0.717, 1.165) is 4.90 Å².